The summed E-state index contributed by atoms with van der Waals surface area (Å²) in [5, 5.41) is 3.49. The number of amides is 2. The number of hydrogen-bond acceptors (Lipinski definition) is 5. The van der Waals surface area contributed by atoms with E-state index in [9.17, 15) is 14.4 Å². The Kier molecular flexibility index (Phi) is 8.06. The van der Waals surface area contributed by atoms with E-state index < -0.39 is 18.0 Å². The Balaban J connectivity index is 2.01. The van der Waals surface area contributed by atoms with Gasteiger partial charge in [0.15, 0.2) is 0 Å². The van der Waals surface area contributed by atoms with E-state index in [1.54, 1.807) is 34.6 Å². The lowest BCUT2D eigenvalue weighted by molar-refractivity contribution is -0.141. The van der Waals surface area contributed by atoms with Crippen molar-refractivity contribution in [2.75, 3.05) is 13.2 Å². The third-order valence-electron chi connectivity index (χ3n) is 5.25. The standard InChI is InChI=1S/C24H27ClN4O4/c1-4-28-22(27-20-12-11-18(25)13-19(20)23(28)31)16(3)29(15-17-9-7-6-8-10-17)24(32)26-14-21(30)33-5-2/h6-13,16H,4-5,14-15H2,1-3H3,(H,26,32). The Morgan fingerprint density at radius 3 is 2.58 bits per heavy atom. The molecule has 2 amide bonds. The first kappa shape index (κ1) is 24.3. The molecule has 1 atom stereocenters. The number of aromatic nitrogens is 2. The minimum atomic E-state index is -0.569. The lowest BCUT2D eigenvalue weighted by Gasteiger charge is -2.30. The highest BCUT2D eigenvalue weighted by Crippen LogP contribution is 2.23. The van der Waals surface area contributed by atoms with Gasteiger partial charge in [-0.2, -0.15) is 0 Å². The second-order valence-corrected chi connectivity index (χ2v) is 7.87. The molecular formula is C24H27ClN4O4. The third kappa shape index (κ3) is 5.70. The summed E-state index contributed by atoms with van der Waals surface area (Å²) in [6.07, 6.45) is 0. The summed E-state index contributed by atoms with van der Waals surface area (Å²) >= 11 is 6.08. The average molecular weight is 471 g/mol. The molecule has 9 heteroatoms. The van der Waals surface area contributed by atoms with Crippen LogP contribution in [0.3, 0.4) is 0 Å². The number of urea groups is 1. The summed E-state index contributed by atoms with van der Waals surface area (Å²) in [4.78, 5) is 44.3. The summed E-state index contributed by atoms with van der Waals surface area (Å²) < 4.78 is 6.45. The fraction of sp³-hybridized carbons (Fsp3) is 0.333. The van der Waals surface area contributed by atoms with E-state index in [-0.39, 0.29) is 25.3 Å². The van der Waals surface area contributed by atoms with Gasteiger partial charge in [0.2, 0.25) is 0 Å². The molecule has 0 aliphatic heterocycles. The van der Waals surface area contributed by atoms with Gasteiger partial charge >= 0.3 is 12.0 Å². The summed E-state index contributed by atoms with van der Waals surface area (Å²) in [5.74, 6) is -0.0797. The van der Waals surface area contributed by atoms with Crippen molar-refractivity contribution in [2.24, 2.45) is 0 Å². The minimum Gasteiger partial charge on any atom is -0.465 e. The van der Waals surface area contributed by atoms with Crippen LogP contribution < -0.4 is 10.9 Å². The number of carbonyl (C=O) groups is 2. The van der Waals surface area contributed by atoms with Crippen molar-refractivity contribution in [3.63, 3.8) is 0 Å². The highest BCUT2D eigenvalue weighted by molar-refractivity contribution is 6.31. The van der Waals surface area contributed by atoms with Crippen LogP contribution in [0.2, 0.25) is 5.02 Å². The van der Waals surface area contributed by atoms with Gasteiger partial charge in [0.1, 0.15) is 12.4 Å². The van der Waals surface area contributed by atoms with Crippen LogP contribution in [0.5, 0.6) is 0 Å². The van der Waals surface area contributed by atoms with Crippen molar-refractivity contribution in [1.82, 2.24) is 19.8 Å². The van der Waals surface area contributed by atoms with E-state index >= 15 is 0 Å². The van der Waals surface area contributed by atoms with E-state index in [1.807, 2.05) is 44.2 Å². The van der Waals surface area contributed by atoms with Crippen LogP contribution >= 0.6 is 11.6 Å². The largest absolute Gasteiger partial charge is 0.465 e. The molecule has 0 aliphatic rings. The number of halogens is 1. The van der Waals surface area contributed by atoms with Crippen LogP contribution in [0.4, 0.5) is 4.79 Å². The number of benzene rings is 2. The molecule has 3 rings (SSSR count). The molecule has 174 valence electrons. The molecule has 33 heavy (non-hydrogen) atoms. The molecule has 0 fully saturated rings. The Hall–Kier alpha value is -3.39. The van der Waals surface area contributed by atoms with Crippen molar-refractivity contribution in [2.45, 2.75) is 39.9 Å². The lowest BCUT2D eigenvalue weighted by Crippen LogP contribution is -2.44. The molecule has 1 unspecified atom stereocenters. The topological polar surface area (TPSA) is 93.5 Å². The molecule has 0 aliphatic carbocycles. The van der Waals surface area contributed by atoms with E-state index in [4.69, 9.17) is 21.3 Å². The summed E-state index contributed by atoms with van der Waals surface area (Å²) in [7, 11) is 0. The Bertz CT molecular complexity index is 1200. The van der Waals surface area contributed by atoms with Crippen LogP contribution in [-0.2, 0) is 22.6 Å². The van der Waals surface area contributed by atoms with Gasteiger partial charge in [-0.15, -0.1) is 0 Å². The van der Waals surface area contributed by atoms with E-state index in [2.05, 4.69) is 5.32 Å². The lowest BCUT2D eigenvalue weighted by atomic mass is 10.1. The first-order chi connectivity index (χ1) is 15.8. The van der Waals surface area contributed by atoms with Crippen LogP contribution in [0.25, 0.3) is 10.9 Å². The molecule has 0 bridgehead atoms. The third-order valence-corrected chi connectivity index (χ3v) is 5.48. The molecule has 0 saturated carbocycles. The number of hydrogen-bond donors (Lipinski definition) is 1. The first-order valence-electron chi connectivity index (χ1n) is 10.8. The van der Waals surface area contributed by atoms with Gasteiger partial charge in [-0.05, 0) is 44.5 Å². The Morgan fingerprint density at radius 2 is 1.91 bits per heavy atom. The monoisotopic (exact) mass is 470 g/mol. The smallest absolute Gasteiger partial charge is 0.325 e. The molecule has 1 aromatic heterocycles. The molecule has 8 nitrogen and oxygen atoms in total. The maximum atomic E-state index is 13.2. The van der Waals surface area contributed by atoms with Crippen molar-refractivity contribution in [3.8, 4) is 0 Å². The highest BCUT2D eigenvalue weighted by atomic mass is 35.5. The van der Waals surface area contributed by atoms with Crippen LogP contribution in [-0.4, -0.2) is 39.6 Å². The fourth-order valence-electron chi connectivity index (χ4n) is 3.60. The average Bonchev–Trinajstić information content (AvgIpc) is 2.81. The SMILES string of the molecule is CCOC(=O)CNC(=O)N(Cc1ccccc1)C(C)c1nc2ccc(Cl)cc2c(=O)n1CC. The van der Waals surface area contributed by atoms with Crippen LogP contribution in [0.15, 0.2) is 53.3 Å². The molecule has 0 saturated heterocycles. The number of fused-ring (bicyclic) bond motifs is 1. The number of rotatable bonds is 8. The van der Waals surface area contributed by atoms with E-state index in [1.165, 1.54) is 0 Å². The van der Waals surface area contributed by atoms with Crippen LogP contribution in [0, 0.1) is 0 Å². The summed E-state index contributed by atoms with van der Waals surface area (Å²) in [5.41, 5.74) is 1.18. The summed E-state index contributed by atoms with van der Waals surface area (Å²) in [6, 6.07) is 13.4. The molecule has 0 spiro atoms. The fourth-order valence-corrected chi connectivity index (χ4v) is 3.77. The first-order valence-corrected chi connectivity index (χ1v) is 11.2. The molecule has 3 aromatic rings. The maximum Gasteiger partial charge on any atom is 0.325 e. The highest BCUT2D eigenvalue weighted by Gasteiger charge is 2.26. The second kappa shape index (κ2) is 11.0. The Labute approximate surface area is 197 Å². The molecule has 1 heterocycles. The van der Waals surface area contributed by atoms with Gasteiger partial charge in [0.25, 0.3) is 5.56 Å². The van der Waals surface area contributed by atoms with Gasteiger partial charge in [0.05, 0.1) is 23.6 Å². The molecule has 1 N–H and O–H groups in total. The Morgan fingerprint density at radius 1 is 1.18 bits per heavy atom. The van der Waals surface area contributed by atoms with Crippen molar-refractivity contribution in [1.29, 1.82) is 0 Å². The number of nitrogens with zero attached hydrogens (tertiary/aromatic N) is 3. The molecule has 0 radical (unpaired) electrons. The van der Waals surface area contributed by atoms with E-state index in [0.29, 0.717) is 28.3 Å². The van der Waals surface area contributed by atoms with E-state index in [0.717, 1.165) is 5.56 Å². The van der Waals surface area contributed by atoms with Crippen molar-refractivity contribution in [3.05, 3.63) is 75.3 Å². The summed E-state index contributed by atoms with van der Waals surface area (Å²) in [6.45, 7) is 5.96. The number of nitrogens with one attached hydrogen (secondary N) is 1. The molecular weight excluding hydrogens is 444 g/mol. The zero-order valence-electron chi connectivity index (χ0n) is 18.9. The van der Waals surface area contributed by atoms with Crippen molar-refractivity contribution >= 4 is 34.5 Å². The van der Waals surface area contributed by atoms with Gasteiger partial charge in [-0.1, -0.05) is 41.9 Å². The van der Waals surface area contributed by atoms with Crippen molar-refractivity contribution < 1.29 is 14.3 Å². The predicted molar refractivity (Wildman–Crippen MR) is 127 cm³/mol. The number of carbonyl (C=O) groups excluding carboxylic acids is 2. The van der Waals surface area contributed by atoms with Gasteiger partial charge in [0, 0.05) is 18.1 Å². The maximum absolute atomic E-state index is 13.2. The molecule has 2 aromatic carbocycles. The number of esters is 1. The zero-order valence-corrected chi connectivity index (χ0v) is 19.6. The predicted octanol–water partition coefficient (Wildman–Crippen LogP) is 3.91. The number of ether oxygens (including phenoxy) is 1. The van der Waals surface area contributed by atoms with Gasteiger partial charge in [-0.25, -0.2) is 9.78 Å². The quantitative estimate of drug-likeness (QED) is 0.504. The van der Waals surface area contributed by atoms with Crippen LogP contribution in [0.1, 0.15) is 38.2 Å². The normalized spacial score (nSPS) is 11.8. The minimum absolute atomic E-state index is 0.224. The zero-order chi connectivity index (χ0) is 24.0. The van der Waals surface area contributed by atoms with Gasteiger partial charge in [-0.3, -0.25) is 14.2 Å². The second-order valence-electron chi connectivity index (χ2n) is 7.43. The van der Waals surface area contributed by atoms with Gasteiger partial charge < -0.3 is 15.0 Å².